The summed E-state index contributed by atoms with van der Waals surface area (Å²) in [6.07, 6.45) is 3.15. The van der Waals surface area contributed by atoms with Crippen molar-refractivity contribution in [3.63, 3.8) is 0 Å². The van der Waals surface area contributed by atoms with Crippen molar-refractivity contribution in [2.45, 2.75) is 95.8 Å². The van der Waals surface area contributed by atoms with Crippen LogP contribution in [0.1, 0.15) is 83.2 Å². The van der Waals surface area contributed by atoms with Gasteiger partial charge in [-0.2, -0.15) is 0 Å². The number of aliphatic carboxylic acids is 3. The first-order valence-electron chi connectivity index (χ1n) is 16.9. The maximum Gasteiger partial charge on any atom is 0.326 e. The number of nitrogens with one attached hydrogen (secondary N) is 5. The fourth-order valence-electron chi connectivity index (χ4n) is 5.91. The van der Waals surface area contributed by atoms with Crippen LogP contribution in [-0.4, -0.2) is 82.3 Å². The molecule has 268 valence electrons. The predicted octanol–water partition coefficient (Wildman–Crippen LogP) is 3.16. The topological polar surface area (TPSA) is 223 Å². The number of benzene rings is 2. The number of carboxylic acids is 3. The van der Waals surface area contributed by atoms with E-state index in [2.05, 4.69) is 40.4 Å². The van der Waals surface area contributed by atoms with E-state index < -0.39 is 54.4 Å². The zero-order chi connectivity index (χ0) is 35.9. The van der Waals surface area contributed by atoms with Crippen LogP contribution in [0.2, 0.25) is 0 Å². The van der Waals surface area contributed by atoms with Gasteiger partial charge in [0.2, 0.25) is 11.8 Å². The number of carbonyl (C=O) groups is 6. The predicted molar refractivity (Wildman–Crippen MR) is 182 cm³/mol. The van der Waals surface area contributed by atoms with Gasteiger partial charge in [0, 0.05) is 24.9 Å². The highest BCUT2D eigenvalue weighted by Gasteiger charge is 2.30. The van der Waals surface area contributed by atoms with Crippen molar-refractivity contribution >= 4 is 46.5 Å². The molecule has 3 atom stereocenters. The van der Waals surface area contributed by atoms with E-state index in [9.17, 15) is 39.0 Å². The molecule has 1 aliphatic rings. The minimum Gasteiger partial charge on any atom is -0.481 e. The molecule has 8 N–H and O–H groups in total. The lowest BCUT2D eigenvalue weighted by Crippen LogP contribution is -2.51. The fraction of sp³-hybridized carbons (Fsp3) is 0.543. The van der Waals surface area contributed by atoms with Crippen LogP contribution in [0.4, 0.5) is 4.79 Å². The van der Waals surface area contributed by atoms with Crippen LogP contribution in [0, 0.1) is 11.8 Å². The molecule has 4 amide bonds. The van der Waals surface area contributed by atoms with E-state index in [1.165, 1.54) is 0 Å². The lowest BCUT2D eigenvalue weighted by atomic mass is 9.81. The molecule has 1 fully saturated rings. The van der Waals surface area contributed by atoms with Crippen molar-refractivity contribution < 1.29 is 44.1 Å². The van der Waals surface area contributed by atoms with Crippen molar-refractivity contribution in [2.24, 2.45) is 11.8 Å². The first kappa shape index (κ1) is 38.7. The lowest BCUT2D eigenvalue weighted by molar-refractivity contribution is -0.141. The van der Waals surface area contributed by atoms with Crippen molar-refractivity contribution in [2.75, 3.05) is 13.1 Å². The molecule has 3 rings (SSSR count). The highest BCUT2D eigenvalue weighted by molar-refractivity contribution is 5.91. The number of amides is 4. The quantitative estimate of drug-likeness (QED) is 0.101. The maximum absolute atomic E-state index is 13.5. The van der Waals surface area contributed by atoms with Gasteiger partial charge in [0.25, 0.3) is 0 Å². The van der Waals surface area contributed by atoms with E-state index in [1.54, 1.807) is 0 Å². The summed E-state index contributed by atoms with van der Waals surface area (Å²) in [5, 5.41) is 43.1. The molecule has 14 nitrogen and oxygen atoms in total. The largest absolute Gasteiger partial charge is 0.481 e. The summed E-state index contributed by atoms with van der Waals surface area (Å²) in [5.74, 6) is -4.24. The van der Waals surface area contributed by atoms with Crippen LogP contribution < -0.4 is 26.6 Å². The standard InChI is InChI=1S/C35H49N5O9/c1-21(2)37-20-22-10-12-24(13-11-22)31(43)40-30(26-15-14-23-7-3-4-8-25(23)19-26)32(44)36-18-6-5-9-27(33(45)46)38-35(49)39-28(34(47)48)16-17-29(41)42/h3-4,7-8,14-15,19,21-22,24,27-28,30,37H,5-6,9-13,16-18,20H2,1-2H3,(H,36,44)(H,40,43)(H,41,42)(H,45,46)(H,47,48)(H2,38,39,49)/t22-,24-,27-,28-,30-/m0/s1. The summed E-state index contributed by atoms with van der Waals surface area (Å²) in [6.45, 7) is 5.32. The van der Waals surface area contributed by atoms with Crippen molar-refractivity contribution in [1.29, 1.82) is 0 Å². The molecule has 1 saturated carbocycles. The van der Waals surface area contributed by atoms with E-state index in [0.29, 0.717) is 30.4 Å². The number of unbranched alkanes of at least 4 members (excludes halogenated alkanes) is 1. The SMILES string of the molecule is CC(C)NC[C@H]1CC[C@H](C(=O)N[C@H](C(=O)NCCCC[C@H](NC(=O)N[C@@H](CCC(=O)O)C(=O)O)C(=O)O)c2ccc3ccccc3c2)CC1. The normalized spacial score (nSPS) is 17.8. The number of rotatable bonds is 19. The van der Waals surface area contributed by atoms with E-state index in [0.717, 1.165) is 43.0 Å². The van der Waals surface area contributed by atoms with Gasteiger partial charge in [-0.05, 0) is 86.2 Å². The Morgan fingerprint density at radius 1 is 0.776 bits per heavy atom. The van der Waals surface area contributed by atoms with Gasteiger partial charge in [-0.15, -0.1) is 0 Å². The Bertz CT molecular complexity index is 1460. The summed E-state index contributed by atoms with van der Waals surface area (Å²) in [4.78, 5) is 73.1. The Morgan fingerprint density at radius 2 is 1.41 bits per heavy atom. The van der Waals surface area contributed by atoms with Crippen LogP contribution in [0.15, 0.2) is 42.5 Å². The van der Waals surface area contributed by atoms with Gasteiger partial charge in [0.15, 0.2) is 0 Å². The smallest absolute Gasteiger partial charge is 0.326 e. The number of carbonyl (C=O) groups excluding carboxylic acids is 3. The Balaban J connectivity index is 1.56. The molecular weight excluding hydrogens is 634 g/mol. The molecular formula is C35H49N5O9. The van der Waals surface area contributed by atoms with Gasteiger partial charge in [-0.3, -0.25) is 14.4 Å². The second kappa shape index (κ2) is 19.3. The van der Waals surface area contributed by atoms with Crippen molar-refractivity contribution in [3.05, 3.63) is 48.0 Å². The number of fused-ring (bicyclic) bond motifs is 1. The first-order valence-corrected chi connectivity index (χ1v) is 16.9. The van der Waals surface area contributed by atoms with Crippen LogP contribution in [0.3, 0.4) is 0 Å². The third-order valence-electron chi connectivity index (χ3n) is 8.76. The number of hydrogen-bond donors (Lipinski definition) is 8. The highest BCUT2D eigenvalue weighted by Crippen LogP contribution is 2.30. The van der Waals surface area contributed by atoms with Gasteiger partial charge >= 0.3 is 23.9 Å². The van der Waals surface area contributed by atoms with Crippen LogP contribution in [-0.2, 0) is 24.0 Å². The fourth-order valence-corrected chi connectivity index (χ4v) is 5.91. The summed E-state index contributed by atoms with van der Waals surface area (Å²) in [6, 6.07) is 8.93. The van der Waals surface area contributed by atoms with Gasteiger partial charge in [-0.25, -0.2) is 14.4 Å². The van der Waals surface area contributed by atoms with E-state index in [-0.39, 0.29) is 31.2 Å². The molecule has 49 heavy (non-hydrogen) atoms. The Labute approximate surface area is 285 Å². The van der Waals surface area contributed by atoms with E-state index in [4.69, 9.17) is 5.11 Å². The molecule has 0 heterocycles. The lowest BCUT2D eigenvalue weighted by Gasteiger charge is -2.30. The second-order valence-electron chi connectivity index (χ2n) is 12.9. The maximum atomic E-state index is 13.5. The summed E-state index contributed by atoms with van der Waals surface area (Å²) >= 11 is 0. The van der Waals surface area contributed by atoms with Gasteiger partial charge in [-0.1, -0.05) is 50.2 Å². The van der Waals surface area contributed by atoms with Gasteiger partial charge in [0.05, 0.1) is 0 Å². The molecule has 14 heteroatoms. The molecule has 0 aromatic heterocycles. The molecule has 0 saturated heterocycles. The average molecular weight is 684 g/mol. The molecule has 2 aromatic carbocycles. The zero-order valence-corrected chi connectivity index (χ0v) is 28.1. The van der Waals surface area contributed by atoms with E-state index in [1.807, 2.05) is 42.5 Å². The minimum absolute atomic E-state index is 0.00824. The summed E-state index contributed by atoms with van der Waals surface area (Å²) in [5.41, 5.74) is 0.642. The minimum atomic E-state index is -1.50. The Kier molecular flexibility index (Phi) is 15.3. The number of hydrogen-bond acceptors (Lipinski definition) is 7. The monoisotopic (exact) mass is 683 g/mol. The summed E-state index contributed by atoms with van der Waals surface area (Å²) < 4.78 is 0. The molecule has 0 unspecified atom stereocenters. The molecule has 1 aliphatic carbocycles. The Hall–Kier alpha value is -4.72. The van der Waals surface area contributed by atoms with Gasteiger partial charge in [0.1, 0.15) is 18.1 Å². The Morgan fingerprint density at radius 3 is 2.02 bits per heavy atom. The van der Waals surface area contributed by atoms with Crippen molar-refractivity contribution in [1.82, 2.24) is 26.6 Å². The third-order valence-corrected chi connectivity index (χ3v) is 8.76. The van der Waals surface area contributed by atoms with Crippen LogP contribution in [0.25, 0.3) is 10.8 Å². The van der Waals surface area contributed by atoms with E-state index >= 15 is 0 Å². The summed E-state index contributed by atoms with van der Waals surface area (Å²) in [7, 11) is 0. The number of carboxylic acid groups (broad SMARTS) is 3. The molecule has 2 aromatic rings. The molecule has 0 bridgehead atoms. The zero-order valence-electron chi connectivity index (χ0n) is 28.1. The van der Waals surface area contributed by atoms with Crippen molar-refractivity contribution in [3.8, 4) is 0 Å². The average Bonchev–Trinajstić information content (AvgIpc) is 3.06. The third kappa shape index (κ3) is 13.0. The second-order valence-corrected chi connectivity index (χ2v) is 12.9. The molecule has 0 aliphatic heterocycles. The molecule has 0 spiro atoms. The van der Waals surface area contributed by atoms with Gasteiger partial charge < -0.3 is 41.9 Å². The van der Waals surface area contributed by atoms with Crippen LogP contribution >= 0.6 is 0 Å². The van der Waals surface area contributed by atoms with Crippen LogP contribution in [0.5, 0.6) is 0 Å². The molecule has 0 radical (unpaired) electrons. The number of urea groups is 1. The first-order chi connectivity index (χ1) is 23.3. The highest BCUT2D eigenvalue weighted by atomic mass is 16.4.